The first-order valence-corrected chi connectivity index (χ1v) is 29.1. The summed E-state index contributed by atoms with van der Waals surface area (Å²) in [7, 11) is 4.99. The average Bonchev–Trinajstić information content (AvgIpc) is 1.63. The standard InChI is InChI=1S/C49H60N10O17.C4H10.C3H8.2C2H6/c1-7-15-58(22-36(61)51-19-44(71)76-46-29-16-34-45-30(20-59(34)47(72)31(29)26-75-49(46)74)27(8-2)28-11-9-10-12-32(28)53-45)48(73)33(17-43(69)70)52-37(62)21-54(3)39(64)24-56(5)41(66)25-57(6)40(65)23-55(4)38(63)18-50-35(60)13-14-42(67)68;1-4(2)3;1-3-2;2*1-2/h9-12,16,33,46H,7-8,13-15,17-26H2,1-6H3,(H,50,60)(H,51,61)(H,52,62)(H,67,68)(H,69,70);4H,1-3H3;3H2,1-2H3;2*1-2H3/t33-,46?;;;;/m0..../s1. The lowest BCUT2D eigenvalue weighted by Gasteiger charge is -2.28. The summed E-state index contributed by atoms with van der Waals surface area (Å²) in [5.41, 5.74) is 3.32. The molecule has 2 aromatic heterocycles. The lowest BCUT2D eigenvalue weighted by Crippen LogP contribution is -2.54. The molecular weight excluding hydrogens is 1130 g/mol. The molecule has 2 aliphatic heterocycles. The van der Waals surface area contributed by atoms with Gasteiger partial charge < -0.3 is 64.7 Å². The zero-order chi connectivity index (χ0) is 66.4. The van der Waals surface area contributed by atoms with Crippen LogP contribution in [-0.4, -0.2) is 202 Å². The van der Waals surface area contributed by atoms with Crippen LogP contribution in [-0.2, 0) is 86.6 Å². The molecule has 27 nitrogen and oxygen atoms in total. The second kappa shape index (κ2) is 38.3. The Labute approximate surface area is 508 Å². The predicted molar refractivity (Wildman–Crippen MR) is 322 cm³/mol. The number of aryl methyl sites for hydroxylation is 1. The summed E-state index contributed by atoms with van der Waals surface area (Å²) in [4.78, 5) is 175. The quantitative estimate of drug-likeness (QED) is 0.0596. The molecular formula is C60H90N10O17. The van der Waals surface area contributed by atoms with Crippen molar-refractivity contribution in [1.82, 2.24) is 50.0 Å². The van der Waals surface area contributed by atoms with Gasteiger partial charge in [-0.25, -0.2) is 9.78 Å². The van der Waals surface area contributed by atoms with Gasteiger partial charge in [0.15, 0.2) is 0 Å². The number of carbonyl (C=O) groups is 12. The smallest absolute Gasteiger partial charge is 0.352 e. The number of pyridine rings is 2. The van der Waals surface area contributed by atoms with E-state index in [4.69, 9.17) is 19.6 Å². The van der Waals surface area contributed by atoms with E-state index in [9.17, 15) is 67.4 Å². The largest absolute Gasteiger partial charge is 0.481 e. The van der Waals surface area contributed by atoms with Gasteiger partial charge in [0.2, 0.25) is 53.4 Å². The fraction of sp³-hybridized carbons (Fsp3) is 0.567. The van der Waals surface area contributed by atoms with Crippen molar-refractivity contribution in [2.24, 2.45) is 5.92 Å². The Morgan fingerprint density at radius 3 is 1.76 bits per heavy atom. The Bertz CT molecular complexity index is 2980. The van der Waals surface area contributed by atoms with Crippen molar-refractivity contribution in [3.05, 3.63) is 62.9 Å². The summed E-state index contributed by atoms with van der Waals surface area (Å²) in [6.07, 6.45) is -1.20. The summed E-state index contributed by atoms with van der Waals surface area (Å²) in [6.45, 7) is 17.8. The number of carbonyl (C=O) groups excluding carboxylic acids is 10. The van der Waals surface area contributed by atoms with Crippen LogP contribution in [0.2, 0.25) is 0 Å². The zero-order valence-corrected chi connectivity index (χ0v) is 53.1. The Hall–Kier alpha value is -8.78. The minimum atomic E-state index is -1.73. The van der Waals surface area contributed by atoms with E-state index in [2.05, 4.69) is 50.6 Å². The van der Waals surface area contributed by atoms with Crippen molar-refractivity contribution in [1.29, 1.82) is 0 Å². The van der Waals surface area contributed by atoms with Crippen molar-refractivity contribution < 1.29 is 77.2 Å². The Morgan fingerprint density at radius 1 is 0.701 bits per heavy atom. The van der Waals surface area contributed by atoms with Gasteiger partial charge in [0, 0.05) is 57.7 Å². The number of esters is 2. The maximum atomic E-state index is 13.8. The molecule has 87 heavy (non-hydrogen) atoms. The molecule has 2 atom stereocenters. The van der Waals surface area contributed by atoms with E-state index in [0.29, 0.717) is 23.3 Å². The minimum Gasteiger partial charge on any atom is -0.481 e. The molecule has 1 unspecified atom stereocenters. The Balaban J connectivity index is 0.00000320. The van der Waals surface area contributed by atoms with Crippen LogP contribution in [0.25, 0.3) is 22.3 Å². The van der Waals surface area contributed by atoms with E-state index >= 15 is 0 Å². The number of carboxylic acid groups (broad SMARTS) is 2. The van der Waals surface area contributed by atoms with Crippen LogP contribution in [0.4, 0.5) is 0 Å². The molecule has 0 radical (unpaired) electrons. The molecule has 0 saturated carbocycles. The third kappa shape index (κ3) is 23.9. The number of rotatable bonds is 25. The van der Waals surface area contributed by atoms with Crippen molar-refractivity contribution in [2.45, 2.75) is 140 Å². The number of fused-ring (bicyclic) bond motifs is 5. The Morgan fingerprint density at radius 2 is 1.23 bits per heavy atom. The van der Waals surface area contributed by atoms with Gasteiger partial charge in [-0.3, -0.25) is 57.5 Å². The number of likely N-dealkylation sites (N-methyl/N-ethyl adjacent to an activating group) is 4. The van der Waals surface area contributed by atoms with Gasteiger partial charge in [-0.05, 0) is 36.5 Å². The third-order valence-electron chi connectivity index (χ3n) is 12.3. The second-order valence-electron chi connectivity index (χ2n) is 20.5. The fourth-order valence-electron chi connectivity index (χ4n) is 8.26. The molecule has 8 amide bonds. The van der Waals surface area contributed by atoms with Crippen LogP contribution in [0.3, 0.4) is 0 Å². The fourth-order valence-corrected chi connectivity index (χ4v) is 8.26. The van der Waals surface area contributed by atoms with Crippen molar-refractivity contribution in [2.75, 3.05) is 80.5 Å². The monoisotopic (exact) mass is 1220 g/mol. The van der Waals surface area contributed by atoms with Crippen molar-refractivity contribution in [3.8, 4) is 11.4 Å². The highest BCUT2D eigenvalue weighted by Crippen LogP contribution is 2.38. The average molecular weight is 1220 g/mol. The summed E-state index contributed by atoms with van der Waals surface area (Å²) in [5.74, 6) is -10.3. The molecule has 482 valence electrons. The maximum Gasteiger partial charge on any atom is 0.352 e. The number of amides is 8. The summed E-state index contributed by atoms with van der Waals surface area (Å²) >= 11 is 0. The van der Waals surface area contributed by atoms with E-state index in [1.165, 1.54) is 39.2 Å². The number of aliphatic carboxylic acids is 2. The topological polar surface area (TPSA) is 351 Å². The molecule has 2 aliphatic rings. The number of cyclic esters (lactones) is 1. The zero-order valence-electron chi connectivity index (χ0n) is 53.1. The third-order valence-corrected chi connectivity index (χ3v) is 12.3. The number of para-hydroxylation sites is 1. The summed E-state index contributed by atoms with van der Waals surface area (Å²) in [5, 5.41) is 26.1. The van der Waals surface area contributed by atoms with Gasteiger partial charge in [0.25, 0.3) is 5.56 Å². The van der Waals surface area contributed by atoms with E-state index in [1.54, 1.807) is 13.0 Å². The number of aromatic nitrogens is 2. The van der Waals surface area contributed by atoms with Gasteiger partial charge in [-0.15, -0.1) is 0 Å². The number of nitrogens with one attached hydrogen (secondary N) is 3. The highest BCUT2D eigenvalue weighted by molar-refractivity contribution is 5.96. The lowest BCUT2D eigenvalue weighted by atomic mass is 9.97. The van der Waals surface area contributed by atoms with Crippen molar-refractivity contribution in [3.63, 3.8) is 0 Å². The first kappa shape index (κ1) is 76.2. The van der Waals surface area contributed by atoms with Gasteiger partial charge in [-0.2, -0.15) is 0 Å². The molecule has 3 aromatic rings. The normalized spacial score (nSPS) is 12.4. The van der Waals surface area contributed by atoms with Crippen LogP contribution in [0.5, 0.6) is 0 Å². The molecule has 0 bridgehead atoms. The van der Waals surface area contributed by atoms with E-state index < -0.39 is 147 Å². The molecule has 0 saturated heterocycles. The lowest BCUT2D eigenvalue weighted by molar-refractivity contribution is -0.171. The molecule has 27 heteroatoms. The van der Waals surface area contributed by atoms with E-state index in [1.807, 2.05) is 58.9 Å². The number of carboxylic acids is 2. The van der Waals surface area contributed by atoms with E-state index in [-0.39, 0.29) is 43.7 Å². The van der Waals surface area contributed by atoms with Crippen LogP contribution < -0.4 is 21.5 Å². The number of hydrogen-bond donors (Lipinski definition) is 5. The van der Waals surface area contributed by atoms with Crippen molar-refractivity contribution >= 4 is 82.0 Å². The van der Waals surface area contributed by atoms with Gasteiger partial charge >= 0.3 is 23.9 Å². The highest BCUT2D eigenvalue weighted by atomic mass is 16.6. The van der Waals surface area contributed by atoms with Gasteiger partial charge in [0.1, 0.15) is 19.2 Å². The molecule has 0 aliphatic carbocycles. The number of benzene rings is 1. The van der Waals surface area contributed by atoms with Gasteiger partial charge in [-0.1, -0.05) is 101 Å². The first-order valence-electron chi connectivity index (χ1n) is 29.1. The number of hydrogen-bond acceptors (Lipinski definition) is 16. The van der Waals surface area contributed by atoms with E-state index in [0.717, 1.165) is 46.9 Å². The highest BCUT2D eigenvalue weighted by Gasteiger charge is 2.38. The predicted octanol–water partition coefficient (Wildman–Crippen LogP) is 2.89. The number of ether oxygens (including phenoxy) is 2. The molecule has 5 N–H and O–H groups in total. The Kier molecular flexibility index (Phi) is 33.6. The molecule has 0 fully saturated rings. The molecule has 1 aromatic carbocycles. The molecule has 0 spiro atoms. The number of nitrogens with zero attached hydrogens (tertiary/aromatic N) is 7. The second-order valence-corrected chi connectivity index (χ2v) is 20.5. The van der Waals surface area contributed by atoms with Crippen LogP contribution >= 0.6 is 0 Å². The van der Waals surface area contributed by atoms with Crippen LogP contribution in [0.1, 0.15) is 137 Å². The van der Waals surface area contributed by atoms with Crippen LogP contribution in [0, 0.1) is 5.92 Å². The minimum absolute atomic E-state index is 0.102. The van der Waals surface area contributed by atoms with Crippen LogP contribution in [0.15, 0.2) is 35.1 Å². The SMILES string of the molecule is CC.CC.CC(C)C.CCC.CCCN(CC(=O)NCC(=O)OC1C(=O)OCc2c1cc1n(c2=O)Cc2c-1nc1ccccc1c2CC)C(=O)[C@H](CC(=O)O)NC(=O)CN(C)C(=O)CN(C)C(=O)CN(C)C(=O)CN(C)C(=O)CNC(=O)CCC(=O)O. The van der Waals surface area contributed by atoms with Gasteiger partial charge in [0.05, 0.1) is 81.1 Å². The maximum absolute atomic E-state index is 13.8. The first-order chi connectivity index (χ1) is 41.1. The summed E-state index contributed by atoms with van der Waals surface area (Å²) in [6, 6.07) is 7.41. The molecule has 4 heterocycles. The summed E-state index contributed by atoms with van der Waals surface area (Å²) < 4.78 is 12.3. The molecule has 5 rings (SSSR count).